The zero-order valence-corrected chi connectivity index (χ0v) is 27.2. The molecule has 0 aliphatic rings. The van der Waals surface area contributed by atoms with E-state index < -0.39 is 20.0 Å². The first kappa shape index (κ1) is 40.0. The summed E-state index contributed by atoms with van der Waals surface area (Å²) < 4.78 is 21.9. The second-order valence-electron chi connectivity index (χ2n) is 11.0. The normalized spacial score (nSPS) is 15.0. The molecule has 41 heavy (non-hydrogen) atoms. The Kier molecular flexibility index (Phi) is 28.3. The maximum Gasteiger partial charge on any atom is 0.472 e. The van der Waals surface area contributed by atoms with E-state index in [1.165, 1.54) is 70.6 Å². The number of unbranched alkanes of at least 4 members (excludes halogenated alkanes) is 16. The van der Waals surface area contributed by atoms with E-state index in [4.69, 9.17) is 14.8 Å². The summed E-state index contributed by atoms with van der Waals surface area (Å²) in [6.45, 7) is 4.05. The number of rotatable bonds is 30. The lowest BCUT2D eigenvalue weighted by Crippen LogP contribution is -2.45. The van der Waals surface area contributed by atoms with E-state index in [0.717, 1.165) is 51.4 Å². The molecular weight excluding hydrogens is 539 g/mol. The molecule has 0 aromatic carbocycles. The second-order valence-corrected chi connectivity index (χ2v) is 12.5. The Balaban J connectivity index is 4.43. The minimum Gasteiger partial charge on any atom is -0.387 e. The van der Waals surface area contributed by atoms with Crippen molar-refractivity contribution in [1.29, 1.82) is 0 Å². The molecule has 0 fully saturated rings. The predicted octanol–water partition coefficient (Wildman–Crippen LogP) is 7.88. The maximum absolute atomic E-state index is 12.6. The Bertz CT molecular complexity index is 704. The fourth-order valence-corrected chi connectivity index (χ4v) is 5.24. The van der Waals surface area contributed by atoms with Crippen LogP contribution >= 0.6 is 7.82 Å². The van der Waals surface area contributed by atoms with Crippen molar-refractivity contribution in [1.82, 2.24) is 5.32 Å². The Hall–Kier alpha value is -1.02. The largest absolute Gasteiger partial charge is 0.472 e. The zero-order valence-electron chi connectivity index (χ0n) is 26.3. The molecule has 242 valence electrons. The number of carbonyl (C=O) groups is 1. The highest BCUT2D eigenvalue weighted by molar-refractivity contribution is 7.47. The van der Waals surface area contributed by atoms with E-state index in [0.29, 0.717) is 6.42 Å². The number of carbonyl (C=O) groups excluding carboxylic acids is 1. The van der Waals surface area contributed by atoms with Gasteiger partial charge in [0.1, 0.15) is 0 Å². The summed E-state index contributed by atoms with van der Waals surface area (Å²) in [5, 5.41) is 13.5. The number of hydrogen-bond acceptors (Lipinski definition) is 6. The highest BCUT2D eigenvalue weighted by atomic mass is 31.2. The molecule has 0 radical (unpaired) electrons. The molecule has 9 heteroatoms. The van der Waals surface area contributed by atoms with Crippen LogP contribution in [0.2, 0.25) is 0 Å². The van der Waals surface area contributed by atoms with Gasteiger partial charge in [0.2, 0.25) is 5.91 Å². The number of nitrogens with two attached hydrogens (primary N) is 1. The number of phosphoric ester groups is 1. The van der Waals surface area contributed by atoms with Crippen molar-refractivity contribution < 1.29 is 28.4 Å². The maximum atomic E-state index is 12.6. The van der Waals surface area contributed by atoms with E-state index in [-0.39, 0.29) is 25.7 Å². The average molecular weight is 603 g/mol. The topological polar surface area (TPSA) is 131 Å². The summed E-state index contributed by atoms with van der Waals surface area (Å²) in [5.41, 5.74) is 5.33. The Morgan fingerprint density at radius 1 is 0.780 bits per heavy atom. The number of nitrogens with one attached hydrogen (secondary N) is 1. The molecule has 0 saturated heterocycles. The summed E-state index contributed by atoms with van der Waals surface area (Å²) in [6.07, 6.45) is 29.3. The number of allylic oxidation sites excluding steroid dienone is 3. The SMILES string of the molecule is CCCCC/C=C\CCCCCCCC(=O)NC(COP(=O)(O)OCCN)C(O)/C=C/CCCCCCCCCC. The van der Waals surface area contributed by atoms with Gasteiger partial charge in [0, 0.05) is 13.0 Å². The summed E-state index contributed by atoms with van der Waals surface area (Å²) >= 11 is 0. The van der Waals surface area contributed by atoms with Crippen LogP contribution in [-0.2, 0) is 18.4 Å². The van der Waals surface area contributed by atoms with E-state index in [1.807, 2.05) is 6.08 Å². The highest BCUT2D eigenvalue weighted by Crippen LogP contribution is 2.43. The van der Waals surface area contributed by atoms with E-state index in [9.17, 15) is 19.4 Å². The molecule has 3 unspecified atom stereocenters. The van der Waals surface area contributed by atoms with Gasteiger partial charge in [-0.15, -0.1) is 0 Å². The third kappa shape index (κ3) is 27.6. The first-order valence-electron chi connectivity index (χ1n) is 16.5. The first-order chi connectivity index (χ1) is 19.9. The number of amides is 1. The molecule has 8 nitrogen and oxygen atoms in total. The Morgan fingerprint density at radius 2 is 1.27 bits per heavy atom. The van der Waals surface area contributed by atoms with E-state index in [2.05, 4.69) is 31.3 Å². The summed E-state index contributed by atoms with van der Waals surface area (Å²) in [4.78, 5) is 22.4. The molecule has 0 rings (SSSR count). The highest BCUT2D eigenvalue weighted by Gasteiger charge is 2.26. The average Bonchev–Trinajstić information content (AvgIpc) is 2.95. The number of aliphatic hydroxyl groups is 1. The van der Waals surface area contributed by atoms with Crippen LogP contribution in [0, 0.1) is 0 Å². The van der Waals surface area contributed by atoms with Crippen LogP contribution in [0.5, 0.6) is 0 Å². The molecule has 0 aliphatic carbocycles. The third-order valence-electron chi connectivity index (χ3n) is 7.02. The zero-order chi connectivity index (χ0) is 30.4. The van der Waals surface area contributed by atoms with E-state index >= 15 is 0 Å². The molecule has 5 N–H and O–H groups in total. The van der Waals surface area contributed by atoms with Crippen molar-refractivity contribution in [2.45, 2.75) is 154 Å². The molecule has 0 aromatic heterocycles. The van der Waals surface area contributed by atoms with Gasteiger partial charge in [-0.05, 0) is 44.9 Å². The van der Waals surface area contributed by atoms with Gasteiger partial charge in [-0.2, -0.15) is 0 Å². The lowest BCUT2D eigenvalue weighted by atomic mass is 10.1. The van der Waals surface area contributed by atoms with Crippen LogP contribution in [-0.4, -0.2) is 47.8 Å². The molecule has 0 bridgehead atoms. The van der Waals surface area contributed by atoms with Gasteiger partial charge in [0.05, 0.1) is 25.4 Å². The Morgan fingerprint density at radius 3 is 1.85 bits per heavy atom. The fraction of sp³-hybridized carbons (Fsp3) is 0.844. The van der Waals surface area contributed by atoms with Gasteiger partial charge >= 0.3 is 7.82 Å². The van der Waals surface area contributed by atoms with Crippen molar-refractivity contribution in [3.63, 3.8) is 0 Å². The monoisotopic (exact) mass is 602 g/mol. The molecule has 0 aromatic rings. The van der Waals surface area contributed by atoms with Gasteiger partial charge in [-0.1, -0.05) is 115 Å². The lowest BCUT2D eigenvalue weighted by molar-refractivity contribution is -0.123. The smallest absolute Gasteiger partial charge is 0.387 e. The van der Waals surface area contributed by atoms with Crippen molar-refractivity contribution in [3.8, 4) is 0 Å². The quantitative estimate of drug-likeness (QED) is 0.0374. The first-order valence-corrected chi connectivity index (χ1v) is 18.0. The summed E-state index contributed by atoms with van der Waals surface area (Å²) in [6, 6.07) is -0.858. The van der Waals surface area contributed by atoms with Crippen molar-refractivity contribution >= 4 is 13.7 Å². The molecule has 0 spiro atoms. The van der Waals surface area contributed by atoms with Gasteiger partial charge in [0.25, 0.3) is 0 Å². The molecular formula is C32H63N2O6P. The van der Waals surface area contributed by atoms with Gasteiger partial charge in [-0.25, -0.2) is 4.57 Å². The van der Waals surface area contributed by atoms with Crippen LogP contribution in [0.3, 0.4) is 0 Å². The van der Waals surface area contributed by atoms with Crippen molar-refractivity contribution in [2.75, 3.05) is 19.8 Å². The number of hydrogen-bond donors (Lipinski definition) is 4. The number of aliphatic hydroxyl groups excluding tert-OH is 1. The molecule has 3 atom stereocenters. The predicted molar refractivity (Wildman–Crippen MR) is 171 cm³/mol. The third-order valence-corrected chi connectivity index (χ3v) is 8.01. The second kappa shape index (κ2) is 29.1. The number of phosphoric acid groups is 1. The standard InChI is InChI=1S/C32H63N2O6P/c1-3-5-7-9-11-13-15-16-18-20-22-24-26-32(36)34-30(29-40-41(37,38)39-28-27-33)31(35)25-23-21-19-17-14-12-10-8-6-4-2/h11,13,23,25,30-31,35H,3-10,12,14-22,24,26-29,33H2,1-2H3,(H,34,36)(H,37,38)/b13-11-,25-23+. The summed E-state index contributed by atoms with van der Waals surface area (Å²) in [7, 11) is -4.32. The van der Waals surface area contributed by atoms with Gasteiger partial charge in [-0.3, -0.25) is 13.8 Å². The van der Waals surface area contributed by atoms with Gasteiger partial charge in [0.15, 0.2) is 0 Å². The minimum atomic E-state index is -4.32. The van der Waals surface area contributed by atoms with Crippen molar-refractivity contribution in [2.24, 2.45) is 5.73 Å². The summed E-state index contributed by atoms with van der Waals surface area (Å²) in [5.74, 6) is -0.209. The van der Waals surface area contributed by atoms with Crippen LogP contribution in [0.1, 0.15) is 142 Å². The van der Waals surface area contributed by atoms with Gasteiger partial charge < -0.3 is 21.1 Å². The van der Waals surface area contributed by atoms with E-state index in [1.54, 1.807) is 6.08 Å². The fourth-order valence-electron chi connectivity index (χ4n) is 4.48. The molecule has 1 amide bonds. The van der Waals surface area contributed by atoms with Crippen molar-refractivity contribution in [3.05, 3.63) is 24.3 Å². The van der Waals surface area contributed by atoms with Crippen LogP contribution in [0.4, 0.5) is 0 Å². The Labute approximate surface area is 251 Å². The molecule has 0 aliphatic heterocycles. The lowest BCUT2D eigenvalue weighted by Gasteiger charge is -2.23. The van der Waals surface area contributed by atoms with Crippen LogP contribution < -0.4 is 11.1 Å². The van der Waals surface area contributed by atoms with Crippen LogP contribution in [0.25, 0.3) is 0 Å². The minimum absolute atomic E-state index is 0.0773. The van der Waals surface area contributed by atoms with Crippen LogP contribution in [0.15, 0.2) is 24.3 Å². The molecule has 0 saturated carbocycles. The molecule has 0 heterocycles.